The number of methoxy groups -OCH3 is 1. The van der Waals surface area contributed by atoms with Gasteiger partial charge >= 0.3 is 11.8 Å². The lowest BCUT2D eigenvalue weighted by Gasteiger charge is -2.50. The minimum atomic E-state index is -1.97. The zero-order chi connectivity index (χ0) is 42.6. The smallest absolute Gasteiger partial charge is 0.312 e. The summed E-state index contributed by atoms with van der Waals surface area (Å²) in [6.45, 7) is 17.5. The highest BCUT2D eigenvalue weighted by Crippen LogP contribution is 2.60. The van der Waals surface area contributed by atoms with Crippen LogP contribution >= 0.6 is 23.5 Å². The molecule has 0 spiro atoms. The Labute approximate surface area is 347 Å². The topological polar surface area (TPSA) is 179 Å². The van der Waals surface area contributed by atoms with Gasteiger partial charge in [-0.3, -0.25) is 14.4 Å². The summed E-state index contributed by atoms with van der Waals surface area (Å²) in [5.74, 6) is -5.60. The molecule has 316 valence electrons. The lowest BCUT2D eigenvalue weighted by molar-refractivity contribution is -0.336. The van der Waals surface area contributed by atoms with E-state index in [0.717, 1.165) is 11.5 Å². The largest absolute Gasteiger partial charge is 0.507 e. The molecule has 0 saturated carbocycles. The molecule has 58 heavy (non-hydrogen) atoms. The highest BCUT2D eigenvalue weighted by molar-refractivity contribution is 8.19. The van der Waals surface area contributed by atoms with E-state index in [2.05, 4.69) is 5.32 Å². The van der Waals surface area contributed by atoms with Crippen molar-refractivity contribution in [3.05, 3.63) is 52.8 Å². The van der Waals surface area contributed by atoms with Crippen LogP contribution in [0.4, 0.5) is 5.69 Å². The van der Waals surface area contributed by atoms with Crippen molar-refractivity contribution in [2.24, 2.45) is 23.7 Å². The van der Waals surface area contributed by atoms with Crippen LogP contribution in [0.25, 0.3) is 10.8 Å². The molecule has 0 aromatic heterocycles. The fraction of sp³-hybridized carbons (Fsp3) is 0.558. The molecular weight excluding hydrogens is 787 g/mol. The molecule has 7 rings (SSSR count). The molecule has 2 aromatic rings. The molecule has 9 unspecified atom stereocenters. The number of benzene rings is 2. The van der Waals surface area contributed by atoms with Crippen molar-refractivity contribution in [3.8, 4) is 23.0 Å². The van der Waals surface area contributed by atoms with Crippen molar-refractivity contribution >= 4 is 57.6 Å². The van der Waals surface area contributed by atoms with Gasteiger partial charge in [-0.2, -0.15) is 0 Å². The van der Waals surface area contributed by atoms with Crippen molar-refractivity contribution in [3.63, 3.8) is 0 Å². The summed E-state index contributed by atoms with van der Waals surface area (Å²) >= 11 is 3.03. The number of ether oxygens (including phenoxy) is 6. The highest BCUT2D eigenvalue weighted by atomic mass is 32.2. The molecule has 4 N–H and O–H groups in total. The van der Waals surface area contributed by atoms with E-state index in [-0.39, 0.29) is 68.5 Å². The predicted molar refractivity (Wildman–Crippen MR) is 223 cm³/mol. The first-order valence-corrected chi connectivity index (χ1v) is 21.6. The molecule has 15 heteroatoms. The zero-order valence-corrected chi connectivity index (χ0v) is 36.5. The van der Waals surface area contributed by atoms with Crippen LogP contribution in [0.15, 0.2) is 36.1 Å². The van der Waals surface area contributed by atoms with E-state index in [4.69, 9.17) is 28.4 Å². The van der Waals surface area contributed by atoms with Crippen LogP contribution in [0.1, 0.15) is 88.4 Å². The van der Waals surface area contributed by atoms with Gasteiger partial charge in [0.15, 0.2) is 11.5 Å². The SMILES string of the molecule is COC1/C=C/OC2(C)Oc3c(C)c(O)c4c(O)c(c(C5SCCS5)c(O)c4c3C2=O)NC(=O)/C(C)=C/C=C\C(C)C2OC(C)(C)OC(C2C)C(C)C(OC(C)=O)C1C. The lowest BCUT2D eigenvalue weighted by atomic mass is 9.77. The number of fused-ring (bicyclic) bond motifs is 10. The van der Waals surface area contributed by atoms with Crippen LogP contribution in [0.2, 0.25) is 0 Å². The van der Waals surface area contributed by atoms with Crippen molar-refractivity contribution in [2.75, 3.05) is 23.9 Å². The molecule has 7 bridgehead atoms. The number of thioether (sulfide) groups is 2. The summed E-state index contributed by atoms with van der Waals surface area (Å²) in [5, 5.41) is 38.2. The van der Waals surface area contributed by atoms with Crippen molar-refractivity contribution in [1.29, 1.82) is 0 Å². The number of nitrogens with one attached hydrogen (secondary N) is 1. The second-order valence-electron chi connectivity index (χ2n) is 16.3. The molecule has 1 amide bonds. The summed E-state index contributed by atoms with van der Waals surface area (Å²) in [7, 11) is 1.52. The molecule has 2 fully saturated rings. The predicted octanol–water partition coefficient (Wildman–Crippen LogP) is 8.03. The number of carbonyl (C=O) groups excluding carboxylic acids is 3. The fourth-order valence-corrected chi connectivity index (χ4v) is 11.5. The minimum Gasteiger partial charge on any atom is -0.507 e. The van der Waals surface area contributed by atoms with E-state index < -0.39 is 69.5 Å². The van der Waals surface area contributed by atoms with E-state index in [1.165, 1.54) is 57.7 Å². The van der Waals surface area contributed by atoms with Gasteiger partial charge in [0.05, 0.1) is 45.8 Å². The molecule has 5 heterocycles. The second-order valence-corrected chi connectivity index (χ2v) is 19.0. The standard InChI is InChI=1S/C43H55NO12S2/c1-19-13-12-14-20(2)40(50)44-31-30(41-57-17-18-58-41)33(47)27-28(34(31)48)32(46)22(4)38-29(27)39(49)43(10,56-38)52-16-15-26(51-11)21(3)36(53-25(7)45)24(6)37-23(5)35(19)54-42(8,9)55-37/h12-16,19,21,23-24,26,35-37,41,46-48H,17-18H2,1-11H3,(H,44,50)/b13-12-,16-15+,20-14+. The van der Waals surface area contributed by atoms with Gasteiger partial charge in [-0.25, -0.2) is 0 Å². The number of amides is 1. The Morgan fingerprint density at radius 3 is 2.19 bits per heavy atom. The number of phenolic OH excluding ortho intramolecular Hbond substituents is 3. The summed E-state index contributed by atoms with van der Waals surface area (Å²) in [6, 6.07) is 0. The van der Waals surface area contributed by atoms with Gasteiger partial charge < -0.3 is 49.1 Å². The Hall–Kier alpha value is -3.89. The average molecular weight is 842 g/mol. The van der Waals surface area contributed by atoms with Crippen LogP contribution in [-0.4, -0.2) is 87.6 Å². The summed E-state index contributed by atoms with van der Waals surface area (Å²) < 4.78 is 36.8. The highest BCUT2D eigenvalue weighted by Gasteiger charge is 2.51. The number of hydrogen-bond donors (Lipinski definition) is 4. The van der Waals surface area contributed by atoms with Gasteiger partial charge in [0.25, 0.3) is 11.7 Å². The third kappa shape index (κ3) is 7.92. The van der Waals surface area contributed by atoms with E-state index >= 15 is 0 Å². The van der Waals surface area contributed by atoms with Crippen LogP contribution in [-0.2, 0) is 33.3 Å². The molecule has 0 aliphatic carbocycles. The molecule has 2 saturated heterocycles. The van der Waals surface area contributed by atoms with Crippen LogP contribution in [0.3, 0.4) is 0 Å². The Balaban J connectivity index is 1.53. The second kappa shape index (κ2) is 16.6. The van der Waals surface area contributed by atoms with E-state index in [0.29, 0.717) is 5.57 Å². The van der Waals surface area contributed by atoms with Gasteiger partial charge in [0.2, 0.25) is 0 Å². The minimum absolute atomic E-state index is 0.0207. The Bertz CT molecular complexity index is 2070. The van der Waals surface area contributed by atoms with Gasteiger partial charge in [-0.15, -0.1) is 23.5 Å². The Kier molecular flexibility index (Phi) is 12.5. The fourth-order valence-electron chi connectivity index (χ4n) is 8.59. The molecule has 13 nitrogen and oxygen atoms in total. The van der Waals surface area contributed by atoms with Crippen molar-refractivity contribution < 1.29 is 58.1 Å². The average Bonchev–Trinajstić information content (AvgIpc) is 3.79. The number of allylic oxidation sites excluding steroid dienone is 2. The van der Waals surface area contributed by atoms with E-state index in [1.54, 1.807) is 25.2 Å². The van der Waals surface area contributed by atoms with Gasteiger partial charge in [0.1, 0.15) is 23.4 Å². The van der Waals surface area contributed by atoms with Crippen LogP contribution < -0.4 is 10.1 Å². The summed E-state index contributed by atoms with van der Waals surface area (Å²) in [6.07, 6.45) is 6.16. The number of phenols is 3. The molecule has 9 atom stereocenters. The zero-order valence-electron chi connectivity index (χ0n) is 34.8. The van der Waals surface area contributed by atoms with E-state index in [9.17, 15) is 29.7 Å². The van der Waals surface area contributed by atoms with Gasteiger partial charge in [0, 0.05) is 78.2 Å². The first-order chi connectivity index (χ1) is 27.2. The lowest BCUT2D eigenvalue weighted by Crippen LogP contribution is -2.56. The Morgan fingerprint density at radius 2 is 1.55 bits per heavy atom. The van der Waals surface area contributed by atoms with Gasteiger partial charge in [-0.05, 0) is 33.8 Å². The Morgan fingerprint density at radius 1 is 0.897 bits per heavy atom. The number of anilines is 1. The molecule has 5 aliphatic heterocycles. The first-order valence-electron chi connectivity index (χ1n) is 19.5. The quantitative estimate of drug-likeness (QED) is 0.133. The van der Waals surface area contributed by atoms with Crippen LogP contribution in [0, 0.1) is 30.6 Å². The third-order valence-corrected chi connectivity index (χ3v) is 14.7. The normalized spacial score (nSPS) is 33.9. The number of Topliss-reactive ketones (excluding diaryl/α,β-unsaturated/α-hetero) is 1. The number of carbonyl (C=O) groups is 3. The first kappa shape index (κ1) is 43.7. The number of ketones is 1. The molecule has 2 aromatic carbocycles. The maximum atomic E-state index is 14.5. The summed E-state index contributed by atoms with van der Waals surface area (Å²) in [4.78, 5) is 40.9. The number of hydrogen-bond acceptors (Lipinski definition) is 14. The molecule has 5 aliphatic rings. The monoisotopic (exact) mass is 841 g/mol. The third-order valence-electron chi connectivity index (χ3n) is 11.6. The summed E-state index contributed by atoms with van der Waals surface area (Å²) in [5.41, 5.74) is 0.474. The molecular formula is C43H55NO12S2. The van der Waals surface area contributed by atoms with Crippen molar-refractivity contribution in [1.82, 2.24) is 0 Å². The maximum Gasteiger partial charge on any atom is 0.312 e. The number of esters is 1. The number of rotatable bonds is 3. The maximum absolute atomic E-state index is 14.5. The van der Waals surface area contributed by atoms with Crippen molar-refractivity contribution in [2.45, 2.75) is 110 Å². The van der Waals surface area contributed by atoms with Crippen LogP contribution in [0.5, 0.6) is 23.0 Å². The number of aromatic hydroxyl groups is 3. The van der Waals surface area contributed by atoms with Gasteiger partial charge in [-0.1, -0.05) is 45.9 Å². The van der Waals surface area contributed by atoms with E-state index in [1.807, 2.05) is 47.6 Å². The molecule has 0 radical (unpaired) electrons.